The summed E-state index contributed by atoms with van der Waals surface area (Å²) in [6, 6.07) is 10.4. The number of hydrogen-bond acceptors (Lipinski definition) is 8. The molecule has 2 aromatic rings. The Morgan fingerprint density at radius 2 is 0.914 bits per heavy atom. The highest BCUT2D eigenvalue weighted by Crippen LogP contribution is 2.16. The van der Waals surface area contributed by atoms with Crippen molar-refractivity contribution in [2.75, 3.05) is 10.6 Å². The van der Waals surface area contributed by atoms with Crippen LogP contribution in [0.4, 0.5) is 11.4 Å². The first-order valence-electron chi connectivity index (χ1n) is 10.1. The van der Waals surface area contributed by atoms with Crippen molar-refractivity contribution in [2.45, 2.75) is 42.9 Å². The Bertz CT molecular complexity index is 1220. The Hall–Kier alpha value is -3.78. The van der Waals surface area contributed by atoms with Crippen LogP contribution in [0.25, 0.3) is 0 Å². The molecule has 0 spiro atoms. The molecular weight excluding hydrogens is 500 g/mol. The Kier molecular flexibility index (Phi) is 9.08. The number of amides is 4. The Morgan fingerprint density at radius 3 is 1.20 bits per heavy atom. The third-order valence-corrected chi connectivity index (χ3v) is 7.16. The standard InChI is InChI=1S/C21H24N4O8S2/c1-14(26)24-34(30,31)18-10-6-16(7-11-18)22-20(28)4-3-5-21(29)23-17-8-12-19(13-9-17)35(32,33)25-15(2)27/h6-13H,3-5H2,1-2H3,(H,22,28)(H,23,29)(H,24,26)(H,25,27). The van der Waals surface area contributed by atoms with E-state index in [0.29, 0.717) is 11.4 Å². The second kappa shape index (κ2) is 11.6. The maximum absolute atomic E-state index is 12.1. The minimum atomic E-state index is -3.97. The van der Waals surface area contributed by atoms with Crippen LogP contribution in [0.15, 0.2) is 58.3 Å². The maximum Gasteiger partial charge on any atom is 0.264 e. The van der Waals surface area contributed by atoms with E-state index in [1.807, 2.05) is 9.44 Å². The molecule has 35 heavy (non-hydrogen) atoms. The van der Waals surface area contributed by atoms with Gasteiger partial charge in [-0.05, 0) is 55.0 Å². The first kappa shape index (κ1) is 27.5. The highest BCUT2D eigenvalue weighted by molar-refractivity contribution is 7.90. The molecule has 0 aliphatic carbocycles. The van der Waals surface area contributed by atoms with E-state index in [1.165, 1.54) is 48.5 Å². The second-order valence-corrected chi connectivity index (χ2v) is 10.7. The van der Waals surface area contributed by atoms with Crippen LogP contribution in [-0.4, -0.2) is 40.5 Å². The Labute approximate surface area is 202 Å². The molecule has 0 aromatic heterocycles. The van der Waals surface area contributed by atoms with Gasteiger partial charge in [-0.1, -0.05) is 0 Å². The topological polar surface area (TPSA) is 185 Å². The van der Waals surface area contributed by atoms with Crippen molar-refractivity contribution in [1.82, 2.24) is 9.44 Å². The summed E-state index contributed by atoms with van der Waals surface area (Å²) in [5, 5.41) is 5.16. The van der Waals surface area contributed by atoms with E-state index in [1.54, 1.807) is 0 Å². The molecule has 2 aromatic carbocycles. The number of sulfonamides is 2. The van der Waals surface area contributed by atoms with Crippen molar-refractivity contribution < 1.29 is 36.0 Å². The Morgan fingerprint density at radius 1 is 0.600 bits per heavy atom. The summed E-state index contributed by atoms with van der Waals surface area (Å²) >= 11 is 0. The van der Waals surface area contributed by atoms with Gasteiger partial charge in [0.1, 0.15) is 0 Å². The first-order valence-corrected chi connectivity index (χ1v) is 13.1. The molecule has 0 bridgehead atoms. The summed E-state index contributed by atoms with van der Waals surface area (Å²) in [5.74, 6) is -2.22. The van der Waals surface area contributed by atoms with Crippen LogP contribution >= 0.6 is 0 Å². The monoisotopic (exact) mass is 524 g/mol. The molecule has 4 N–H and O–H groups in total. The molecule has 188 valence electrons. The van der Waals surface area contributed by atoms with E-state index in [4.69, 9.17) is 0 Å². The summed E-state index contributed by atoms with van der Waals surface area (Å²) in [7, 11) is -7.94. The molecule has 0 atom stereocenters. The van der Waals surface area contributed by atoms with E-state index in [0.717, 1.165) is 13.8 Å². The van der Waals surface area contributed by atoms with Gasteiger partial charge in [0.25, 0.3) is 20.0 Å². The molecule has 0 aliphatic heterocycles. The number of hydrogen-bond donors (Lipinski definition) is 4. The lowest BCUT2D eigenvalue weighted by Crippen LogP contribution is -2.28. The third kappa shape index (κ3) is 8.83. The number of rotatable bonds is 10. The molecule has 2 rings (SSSR count). The zero-order valence-electron chi connectivity index (χ0n) is 18.8. The van der Waals surface area contributed by atoms with E-state index >= 15 is 0 Å². The molecule has 0 fully saturated rings. The van der Waals surface area contributed by atoms with Gasteiger partial charge >= 0.3 is 0 Å². The first-order chi connectivity index (χ1) is 16.3. The number of carbonyl (C=O) groups is 4. The summed E-state index contributed by atoms with van der Waals surface area (Å²) in [6.07, 6.45) is 0.266. The quantitative estimate of drug-likeness (QED) is 0.356. The van der Waals surface area contributed by atoms with Gasteiger partial charge in [0, 0.05) is 38.1 Å². The Balaban J connectivity index is 1.80. The fourth-order valence-electron chi connectivity index (χ4n) is 2.79. The predicted octanol–water partition coefficient (Wildman–Crippen LogP) is 1.08. The van der Waals surface area contributed by atoms with Crippen LogP contribution in [-0.2, 0) is 39.2 Å². The minimum Gasteiger partial charge on any atom is -0.326 e. The van der Waals surface area contributed by atoms with Crippen LogP contribution in [0.3, 0.4) is 0 Å². The van der Waals surface area contributed by atoms with Crippen molar-refractivity contribution >= 4 is 55.1 Å². The molecule has 4 amide bonds. The fourth-order valence-corrected chi connectivity index (χ4v) is 4.77. The average molecular weight is 525 g/mol. The van der Waals surface area contributed by atoms with E-state index < -0.39 is 31.9 Å². The smallest absolute Gasteiger partial charge is 0.264 e. The number of carbonyl (C=O) groups excluding carboxylic acids is 4. The molecule has 0 aliphatic rings. The largest absolute Gasteiger partial charge is 0.326 e. The highest BCUT2D eigenvalue weighted by Gasteiger charge is 2.16. The molecule has 0 saturated heterocycles. The van der Waals surface area contributed by atoms with Crippen LogP contribution in [0.2, 0.25) is 0 Å². The zero-order chi connectivity index (χ0) is 26.2. The lowest BCUT2D eigenvalue weighted by Gasteiger charge is -2.09. The van der Waals surface area contributed by atoms with E-state index in [-0.39, 0.29) is 40.9 Å². The molecule has 0 saturated carbocycles. The van der Waals surface area contributed by atoms with Gasteiger partial charge < -0.3 is 10.6 Å². The highest BCUT2D eigenvalue weighted by atomic mass is 32.2. The summed E-state index contributed by atoms with van der Waals surface area (Å²) < 4.78 is 51.3. The van der Waals surface area contributed by atoms with Crippen LogP contribution < -0.4 is 20.1 Å². The van der Waals surface area contributed by atoms with Crippen LogP contribution in [0, 0.1) is 0 Å². The molecular formula is C21H24N4O8S2. The lowest BCUT2D eigenvalue weighted by atomic mass is 10.2. The van der Waals surface area contributed by atoms with Gasteiger partial charge in [-0.2, -0.15) is 0 Å². The van der Waals surface area contributed by atoms with Crippen molar-refractivity contribution in [1.29, 1.82) is 0 Å². The number of benzene rings is 2. The van der Waals surface area contributed by atoms with Crippen LogP contribution in [0.5, 0.6) is 0 Å². The molecule has 12 nitrogen and oxygen atoms in total. The summed E-state index contributed by atoms with van der Waals surface area (Å²) in [5.41, 5.74) is 0.686. The van der Waals surface area contributed by atoms with Crippen molar-refractivity contribution in [3.05, 3.63) is 48.5 Å². The summed E-state index contributed by atoms with van der Waals surface area (Å²) in [4.78, 5) is 45.8. The SMILES string of the molecule is CC(=O)NS(=O)(=O)c1ccc(NC(=O)CCCC(=O)Nc2ccc(S(=O)(=O)NC(C)=O)cc2)cc1. The van der Waals surface area contributed by atoms with Gasteiger partial charge in [-0.25, -0.2) is 26.3 Å². The van der Waals surface area contributed by atoms with Gasteiger partial charge in [-0.3, -0.25) is 19.2 Å². The molecule has 0 heterocycles. The van der Waals surface area contributed by atoms with Crippen LogP contribution in [0.1, 0.15) is 33.1 Å². The fraction of sp³-hybridized carbons (Fsp3) is 0.238. The van der Waals surface area contributed by atoms with Gasteiger partial charge in [-0.15, -0.1) is 0 Å². The second-order valence-electron chi connectivity index (χ2n) is 7.32. The van der Waals surface area contributed by atoms with Gasteiger partial charge in [0.05, 0.1) is 9.79 Å². The predicted molar refractivity (Wildman–Crippen MR) is 126 cm³/mol. The minimum absolute atomic E-state index is 0.0211. The third-order valence-electron chi connectivity index (χ3n) is 4.26. The molecule has 0 unspecified atom stereocenters. The van der Waals surface area contributed by atoms with E-state index in [2.05, 4.69) is 10.6 Å². The number of nitrogens with one attached hydrogen (secondary N) is 4. The van der Waals surface area contributed by atoms with Crippen molar-refractivity contribution in [3.8, 4) is 0 Å². The van der Waals surface area contributed by atoms with Crippen molar-refractivity contribution in [3.63, 3.8) is 0 Å². The van der Waals surface area contributed by atoms with E-state index in [9.17, 15) is 36.0 Å². The zero-order valence-corrected chi connectivity index (χ0v) is 20.5. The molecule has 14 heteroatoms. The van der Waals surface area contributed by atoms with Gasteiger partial charge in [0.15, 0.2) is 0 Å². The lowest BCUT2D eigenvalue weighted by molar-refractivity contribution is -0.118. The number of anilines is 2. The summed E-state index contributed by atoms with van der Waals surface area (Å²) in [6.45, 7) is 2.15. The van der Waals surface area contributed by atoms with Crippen molar-refractivity contribution in [2.24, 2.45) is 0 Å². The molecule has 0 radical (unpaired) electrons. The normalized spacial score (nSPS) is 11.3. The van der Waals surface area contributed by atoms with Gasteiger partial charge in [0.2, 0.25) is 23.6 Å². The average Bonchev–Trinajstić information content (AvgIpc) is 2.72. The maximum atomic E-state index is 12.1.